The average molecular weight is 496 g/mol. The van der Waals surface area contributed by atoms with Crippen LogP contribution in [-0.4, -0.2) is 36.4 Å². The van der Waals surface area contributed by atoms with Gasteiger partial charge in [-0.3, -0.25) is 9.59 Å². The van der Waals surface area contributed by atoms with Gasteiger partial charge in [0.1, 0.15) is 5.75 Å². The molecule has 0 radical (unpaired) electrons. The maximum Gasteiger partial charge on any atom is 0.260 e. The van der Waals surface area contributed by atoms with Crippen molar-refractivity contribution in [3.63, 3.8) is 0 Å². The van der Waals surface area contributed by atoms with E-state index in [0.717, 1.165) is 27.5 Å². The molecule has 0 bridgehead atoms. The Hall–Kier alpha value is -1.86. The average Bonchev–Trinajstić information content (AvgIpc) is 2.68. The molecule has 1 heterocycles. The normalized spacial score (nSPS) is 16.7. The van der Waals surface area contributed by atoms with Crippen LogP contribution in [-0.2, 0) is 9.59 Å². The molecule has 2 amide bonds. The molecule has 2 aromatic rings. The highest BCUT2D eigenvalue weighted by molar-refractivity contribution is 9.11. The number of anilines is 1. The van der Waals surface area contributed by atoms with Gasteiger partial charge in [0.2, 0.25) is 5.91 Å². The number of benzene rings is 2. The van der Waals surface area contributed by atoms with Gasteiger partial charge in [0.05, 0.1) is 10.4 Å². The summed E-state index contributed by atoms with van der Waals surface area (Å²) in [6.07, 6.45) is 1.59. The molecule has 1 aliphatic rings. The Morgan fingerprint density at radius 1 is 1.15 bits per heavy atom. The Labute approximate surface area is 175 Å². The summed E-state index contributed by atoms with van der Waals surface area (Å²) in [5.74, 6) is 0.251. The van der Waals surface area contributed by atoms with Crippen LogP contribution in [0.1, 0.15) is 12.8 Å². The fraction of sp³-hybridized carbons (Fsp3) is 0.300. The van der Waals surface area contributed by atoms with Crippen LogP contribution in [0.25, 0.3) is 0 Å². The zero-order valence-corrected chi connectivity index (χ0v) is 17.8. The number of carbonyl (C=O) groups is 2. The van der Waals surface area contributed by atoms with Crippen molar-refractivity contribution in [2.24, 2.45) is 5.92 Å². The van der Waals surface area contributed by atoms with E-state index in [1.807, 2.05) is 42.5 Å². The lowest BCUT2D eigenvalue weighted by Crippen LogP contribution is -2.45. The second kappa shape index (κ2) is 9.37. The number of likely N-dealkylation sites (tertiary alicyclic amines) is 1. The van der Waals surface area contributed by atoms with Gasteiger partial charge >= 0.3 is 0 Å². The van der Waals surface area contributed by atoms with E-state index in [0.29, 0.717) is 18.8 Å². The highest BCUT2D eigenvalue weighted by atomic mass is 79.9. The molecule has 1 fully saturated rings. The molecule has 27 heavy (non-hydrogen) atoms. The summed E-state index contributed by atoms with van der Waals surface area (Å²) in [6, 6.07) is 14.9. The molecule has 7 heteroatoms. The Kier molecular flexibility index (Phi) is 6.90. The van der Waals surface area contributed by atoms with Gasteiger partial charge in [0, 0.05) is 23.2 Å². The summed E-state index contributed by atoms with van der Waals surface area (Å²) in [4.78, 5) is 26.7. The van der Waals surface area contributed by atoms with Crippen molar-refractivity contribution in [1.82, 2.24) is 4.90 Å². The van der Waals surface area contributed by atoms with E-state index in [1.165, 1.54) is 0 Å². The maximum absolute atomic E-state index is 12.5. The van der Waals surface area contributed by atoms with Crippen molar-refractivity contribution in [2.45, 2.75) is 12.8 Å². The van der Waals surface area contributed by atoms with Crippen molar-refractivity contribution in [3.8, 4) is 5.75 Å². The van der Waals surface area contributed by atoms with Gasteiger partial charge in [-0.05, 0) is 59.1 Å². The number of carbonyl (C=O) groups excluding carboxylic acids is 2. The summed E-state index contributed by atoms with van der Waals surface area (Å²) in [6.45, 7) is 1.02. The molecule has 1 saturated heterocycles. The van der Waals surface area contributed by atoms with Crippen LogP contribution in [0.15, 0.2) is 57.5 Å². The monoisotopic (exact) mass is 494 g/mol. The summed E-state index contributed by atoms with van der Waals surface area (Å²) in [5, 5.41) is 2.92. The second-order valence-electron chi connectivity index (χ2n) is 6.40. The molecule has 5 nitrogen and oxygen atoms in total. The van der Waals surface area contributed by atoms with Crippen molar-refractivity contribution in [1.29, 1.82) is 0 Å². The summed E-state index contributed by atoms with van der Waals surface area (Å²) < 4.78 is 7.35. The molecular formula is C20H20Br2N2O3. The van der Waals surface area contributed by atoms with E-state index < -0.39 is 0 Å². The van der Waals surface area contributed by atoms with Crippen molar-refractivity contribution < 1.29 is 14.3 Å². The standard InChI is InChI=1S/C20H20Br2N2O3/c21-15-8-9-18(17(22)11-15)27-13-19(25)24-10-4-5-14(12-24)20(26)23-16-6-2-1-3-7-16/h1-3,6-9,11,14H,4-5,10,12-13H2,(H,23,26)/t14-/m1/s1. The Morgan fingerprint density at radius 2 is 1.93 bits per heavy atom. The Bertz CT molecular complexity index is 814. The van der Waals surface area contributed by atoms with Gasteiger partial charge in [-0.25, -0.2) is 0 Å². The largest absolute Gasteiger partial charge is 0.483 e. The number of amides is 2. The molecule has 0 aromatic heterocycles. The van der Waals surface area contributed by atoms with E-state index in [2.05, 4.69) is 37.2 Å². The first-order valence-electron chi connectivity index (χ1n) is 8.74. The molecule has 1 atom stereocenters. The first kappa shape index (κ1) is 19.9. The van der Waals surface area contributed by atoms with Crippen LogP contribution in [0.3, 0.4) is 0 Å². The molecule has 0 aliphatic carbocycles. The number of hydrogen-bond acceptors (Lipinski definition) is 3. The predicted molar refractivity (Wildman–Crippen MR) is 112 cm³/mol. The lowest BCUT2D eigenvalue weighted by Gasteiger charge is -2.32. The van der Waals surface area contributed by atoms with E-state index in [4.69, 9.17) is 4.74 Å². The number of rotatable bonds is 5. The third-order valence-corrected chi connectivity index (χ3v) is 5.54. The lowest BCUT2D eigenvalue weighted by atomic mass is 9.97. The minimum absolute atomic E-state index is 0.0460. The SMILES string of the molecule is O=C(Nc1ccccc1)[C@@H]1CCCN(C(=O)COc2ccc(Br)cc2Br)C1. The van der Waals surface area contributed by atoms with E-state index in [-0.39, 0.29) is 24.3 Å². The van der Waals surface area contributed by atoms with Gasteiger partial charge < -0.3 is 15.0 Å². The molecule has 1 aliphatic heterocycles. The van der Waals surface area contributed by atoms with Gasteiger partial charge in [0.15, 0.2) is 6.61 Å². The van der Waals surface area contributed by atoms with Gasteiger partial charge in [0.25, 0.3) is 5.91 Å². The Balaban J connectivity index is 1.53. The maximum atomic E-state index is 12.5. The van der Waals surface area contributed by atoms with Crippen LogP contribution in [0.5, 0.6) is 5.75 Å². The first-order valence-corrected chi connectivity index (χ1v) is 10.3. The molecule has 142 valence electrons. The van der Waals surface area contributed by atoms with Crippen LogP contribution >= 0.6 is 31.9 Å². The zero-order chi connectivity index (χ0) is 19.2. The third kappa shape index (κ3) is 5.56. The zero-order valence-electron chi connectivity index (χ0n) is 14.7. The van der Waals surface area contributed by atoms with Crippen LogP contribution in [0.2, 0.25) is 0 Å². The van der Waals surface area contributed by atoms with E-state index >= 15 is 0 Å². The fourth-order valence-corrected chi connectivity index (χ4v) is 4.17. The number of para-hydroxylation sites is 1. The van der Waals surface area contributed by atoms with Gasteiger partial charge in [-0.1, -0.05) is 34.1 Å². The number of halogens is 2. The topological polar surface area (TPSA) is 58.6 Å². The van der Waals surface area contributed by atoms with Crippen molar-refractivity contribution in [3.05, 3.63) is 57.5 Å². The fourth-order valence-electron chi connectivity index (χ4n) is 3.01. The number of ether oxygens (including phenoxy) is 1. The molecule has 0 saturated carbocycles. The lowest BCUT2D eigenvalue weighted by molar-refractivity contribution is -0.136. The van der Waals surface area contributed by atoms with Crippen molar-refractivity contribution in [2.75, 3.05) is 25.0 Å². The summed E-state index contributed by atoms with van der Waals surface area (Å²) in [7, 11) is 0. The van der Waals surface area contributed by atoms with Crippen LogP contribution < -0.4 is 10.1 Å². The predicted octanol–water partition coefficient (Wildman–Crippen LogP) is 4.47. The highest BCUT2D eigenvalue weighted by Gasteiger charge is 2.28. The molecule has 0 spiro atoms. The molecule has 0 unspecified atom stereocenters. The van der Waals surface area contributed by atoms with E-state index in [1.54, 1.807) is 11.0 Å². The minimum atomic E-state index is -0.206. The Morgan fingerprint density at radius 3 is 2.67 bits per heavy atom. The number of hydrogen-bond donors (Lipinski definition) is 1. The first-order chi connectivity index (χ1) is 13.0. The highest BCUT2D eigenvalue weighted by Crippen LogP contribution is 2.28. The second-order valence-corrected chi connectivity index (χ2v) is 8.17. The summed E-state index contributed by atoms with van der Waals surface area (Å²) >= 11 is 6.80. The summed E-state index contributed by atoms with van der Waals surface area (Å²) in [5.41, 5.74) is 0.773. The van der Waals surface area contributed by atoms with Crippen LogP contribution in [0.4, 0.5) is 5.69 Å². The van der Waals surface area contributed by atoms with Crippen LogP contribution in [0, 0.1) is 5.92 Å². The number of piperidine rings is 1. The number of nitrogens with zero attached hydrogens (tertiary/aromatic N) is 1. The smallest absolute Gasteiger partial charge is 0.260 e. The minimum Gasteiger partial charge on any atom is -0.483 e. The quantitative estimate of drug-likeness (QED) is 0.665. The molecule has 3 rings (SSSR count). The molecule has 2 aromatic carbocycles. The number of nitrogens with one attached hydrogen (secondary N) is 1. The molecular weight excluding hydrogens is 476 g/mol. The van der Waals surface area contributed by atoms with Gasteiger partial charge in [-0.2, -0.15) is 0 Å². The van der Waals surface area contributed by atoms with Crippen molar-refractivity contribution >= 4 is 49.4 Å². The van der Waals surface area contributed by atoms with E-state index in [9.17, 15) is 9.59 Å². The molecule has 1 N–H and O–H groups in total. The third-order valence-electron chi connectivity index (χ3n) is 4.43. The van der Waals surface area contributed by atoms with Gasteiger partial charge in [-0.15, -0.1) is 0 Å².